The maximum Gasteiger partial charge on any atom is 0.461 e. The highest BCUT2D eigenvalue weighted by atomic mass is 19.4. The molecular formula is C6H7F3N2. The Kier molecular flexibility index (Phi) is 2.05. The minimum Gasteiger partial charge on any atom is -0.198 e. The van der Waals surface area contributed by atoms with Crippen molar-refractivity contribution in [1.82, 2.24) is 4.90 Å². The fourth-order valence-corrected chi connectivity index (χ4v) is 1.20. The van der Waals surface area contributed by atoms with E-state index in [1.165, 1.54) is 0 Å². The van der Waals surface area contributed by atoms with E-state index < -0.39 is 12.3 Å². The molecule has 0 radical (unpaired) electrons. The van der Waals surface area contributed by atoms with Gasteiger partial charge in [0, 0.05) is 6.54 Å². The molecule has 0 bridgehead atoms. The Hall–Kier alpha value is -0.760. The van der Waals surface area contributed by atoms with Crippen LogP contribution >= 0.6 is 0 Å². The van der Waals surface area contributed by atoms with Gasteiger partial charge >= 0.3 is 6.30 Å². The van der Waals surface area contributed by atoms with Crippen LogP contribution in [-0.4, -0.2) is 23.8 Å². The van der Waals surface area contributed by atoms with E-state index in [4.69, 9.17) is 5.26 Å². The molecule has 0 aromatic carbocycles. The monoisotopic (exact) mass is 164 g/mol. The summed E-state index contributed by atoms with van der Waals surface area (Å²) in [6, 6.07) is 0.663. The second-order valence-corrected chi connectivity index (χ2v) is 2.45. The number of alkyl halides is 3. The van der Waals surface area contributed by atoms with Crippen LogP contribution in [0.3, 0.4) is 0 Å². The van der Waals surface area contributed by atoms with Gasteiger partial charge in [0.2, 0.25) is 0 Å². The predicted octanol–water partition coefficient (Wildman–Crippen LogP) is 1.49. The number of nitriles is 1. The van der Waals surface area contributed by atoms with Crippen molar-refractivity contribution in [3.05, 3.63) is 0 Å². The molecule has 0 aromatic heterocycles. The van der Waals surface area contributed by atoms with Gasteiger partial charge in [-0.2, -0.15) is 23.3 Å². The minimum atomic E-state index is -4.34. The fraction of sp³-hybridized carbons (Fsp3) is 0.833. The van der Waals surface area contributed by atoms with E-state index in [9.17, 15) is 13.2 Å². The molecule has 62 valence electrons. The first-order valence-electron chi connectivity index (χ1n) is 3.29. The number of halogens is 3. The Labute approximate surface area is 62.2 Å². The van der Waals surface area contributed by atoms with Gasteiger partial charge in [-0.05, 0) is 12.8 Å². The molecule has 0 N–H and O–H groups in total. The molecule has 1 rings (SSSR count). The Morgan fingerprint density at radius 1 is 1.45 bits per heavy atom. The summed E-state index contributed by atoms with van der Waals surface area (Å²) in [5.74, 6) is 0. The molecule has 0 amide bonds. The highest BCUT2D eigenvalue weighted by Gasteiger charge is 2.44. The lowest BCUT2D eigenvalue weighted by Gasteiger charge is -2.21. The first-order chi connectivity index (χ1) is 5.05. The van der Waals surface area contributed by atoms with Crippen LogP contribution in [-0.2, 0) is 0 Å². The zero-order chi connectivity index (χ0) is 8.48. The highest BCUT2D eigenvalue weighted by Crippen LogP contribution is 2.29. The number of rotatable bonds is 0. The molecule has 0 aliphatic carbocycles. The van der Waals surface area contributed by atoms with Crippen molar-refractivity contribution in [3.63, 3.8) is 0 Å². The van der Waals surface area contributed by atoms with Crippen LogP contribution in [0.5, 0.6) is 0 Å². The standard InChI is InChI=1S/C6H7F3N2/c7-6(8,9)11-3-1-2-5(11)4-10/h5H,1-3H2. The van der Waals surface area contributed by atoms with Crippen molar-refractivity contribution in [2.45, 2.75) is 25.2 Å². The fourth-order valence-electron chi connectivity index (χ4n) is 1.20. The normalized spacial score (nSPS) is 26.9. The van der Waals surface area contributed by atoms with E-state index >= 15 is 0 Å². The summed E-state index contributed by atoms with van der Waals surface area (Å²) in [6.07, 6.45) is -3.55. The topological polar surface area (TPSA) is 27.0 Å². The van der Waals surface area contributed by atoms with E-state index in [2.05, 4.69) is 0 Å². The third-order valence-corrected chi connectivity index (χ3v) is 1.73. The third kappa shape index (κ3) is 1.63. The molecule has 1 aliphatic rings. The third-order valence-electron chi connectivity index (χ3n) is 1.73. The maximum atomic E-state index is 12.0. The van der Waals surface area contributed by atoms with E-state index in [-0.39, 0.29) is 11.4 Å². The summed E-state index contributed by atoms with van der Waals surface area (Å²) < 4.78 is 35.9. The molecule has 1 aliphatic heterocycles. The van der Waals surface area contributed by atoms with Crippen molar-refractivity contribution < 1.29 is 13.2 Å². The van der Waals surface area contributed by atoms with Crippen molar-refractivity contribution >= 4 is 0 Å². The summed E-state index contributed by atoms with van der Waals surface area (Å²) in [5.41, 5.74) is 0. The zero-order valence-corrected chi connectivity index (χ0v) is 5.73. The summed E-state index contributed by atoms with van der Waals surface area (Å²) >= 11 is 0. The van der Waals surface area contributed by atoms with Crippen LogP contribution in [0, 0.1) is 11.3 Å². The van der Waals surface area contributed by atoms with Gasteiger partial charge in [-0.15, -0.1) is 0 Å². The highest BCUT2D eigenvalue weighted by molar-refractivity contribution is 4.96. The van der Waals surface area contributed by atoms with Crippen LogP contribution in [0.1, 0.15) is 12.8 Å². The van der Waals surface area contributed by atoms with Gasteiger partial charge in [-0.25, -0.2) is 0 Å². The average molecular weight is 164 g/mol. The summed E-state index contributed by atoms with van der Waals surface area (Å²) in [4.78, 5) is 0.285. The SMILES string of the molecule is N#CC1CCCN1C(F)(F)F. The van der Waals surface area contributed by atoms with Crippen molar-refractivity contribution in [2.24, 2.45) is 0 Å². The van der Waals surface area contributed by atoms with Crippen LogP contribution in [0.4, 0.5) is 13.2 Å². The van der Waals surface area contributed by atoms with Crippen LogP contribution < -0.4 is 0 Å². The van der Waals surface area contributed by atoms with Crippen molar-refractivity contribution in [1.29, 1.82) is 5.26 Å². The Morgan fingerprint density at radius 3 is 2.45 bits per heavy atom. The maximum absolute atomic E-state index is 12.0. The molecule has 0 aromatic rings. The van der Waals surface area contributed by atoms with Gasteiger partial charge in [0.1, 0.15) is 6.04 Å². The second-order valence-electron chi connectivity index (χ2n) is 2.45. The van der Waals surface area contributed by atoms with Crippen LogP contribution in [0.15, 0.2) is 0 Å². The predicted molar refractivity (Wildman–Crippen MR) is 31.4 cm³/mol. The van der Waals surface area contributed by atoms with Gasteiger partial charge < -0.3 is 0 Å². The quantitative estimate of drug-likeness (QED) is 0.507. The molecule has 1 saturated heterocycles. The Bertz CT molecular complexity index is 181. The second kappa shape index (κ2) is 2.70. The lowest BCUT2D eigenvalue weighted by Crippen LogP contribution is -2.40. The minimum absolute atomic E-state index is 0.0400. The van der Waals surface area contributed by atoms with Crippen LogP contribution in [0.25, 0.3) is 0 Å². The Morgan fingerprint density at radius 2 is 2.09 bits per heavy atom. The molecule has 1 unspecified atom stereocenters. The zero-order valence-electron chi connectivity index (χ0n) is 5.73. The van der Waals surface area contributed by atoms with Crippen molar-refractivity contribution in [3.8, 4) is 6.07 Å². The molecule has 5 heteroatoms. The van der Waals surface area contributed by atoms with Crippen molar-refractivity contribution in [2.75, 3.05) is 6.54 Å². The molecule has 11 heavy (non-hydrogen) atoms. The molecule has 0 spiro atoms. The number of likely N-dealkylation sites (tertiary alicyclic amines) is 1. The largest absolute Gasteiger partial charge is 0.461 e. The smallest absolute Gasteiger partial charge is 0.198 e. The molecular weight excluding hydrogens is 157 g/mol. The van der Waals surface area contributed by atoms with E-state index in [0.717, 1.165) is 0 Å². The summed E-state index contributed by atoms with van der Waals surface area (Å²) in [7, 11) is 0. The number of hydrogen-bond donors (Lipinski definition) is 0. The van der Waals surface area contributed by atoms with Gasteiger partial charge in [0.15, 0.2) is 0 Å². The van der Waals surface area contributed by atoms with Crippen LogP contribution in [0.2, 0.25) is 0 Å². The van der Waals surface area contributed by atoms with Gasteiger partial charge in [-0.1, -0.05) is 0 Å². The summed E-state index contributed by atoms with van der Waals surface area (Å²) in [6.45, 7) is -0.0400. The van der Waals surface area contributed by atoms with E-state index in [0.29, 0.717) is 12.8 Å². The molecule has 1 atom stereocenters. The lowest BCUT2D eigenvalue weighted by atomic mass is 10.2. The Balaban J connectivity index is 2.66. The molecule has 1 fully saturated rings. The first-order valence-corrected chi connectivity index (χ1v) is 3.29. The van der Waals surface area contributed by atoms with Gasteiger partial charge in [-0.3, -0.25) is 0 Å². The molecule has 0 saturated carbocycles. The summed E-state index contributed by atoms with van der Waals surface area (Å²) in [5, 5.41) is 8.31. The number of hydrogen-bond acceptors (Lipinski definition) is 2. The lowest BCUT2D eigenvalue weighted by molar-refractivity contribution is -0.244. The van der Waals surface area contributed by atoms with Gasteiger partial charge in [0.05, 0.1) is 6.07 Å². The molecule has 2 nitrogen and oxygen atoms in total. The first kappa shape index (κ1) is 8.34. The number of nitrogens with zero attached hydrogens (tertiary/aromatic N) is 2. The van der Waals surface area contributed by atoms with E-state index in [1.54, 1.807) is 6.07 Å². The molecule has 1 heterocycles. The van der Waals surface area contributed by atoms with Gasteiger partial charge in [0.25, 0.3) is 0 Å². The average Bonchev–Trinajstić information content (AvgIpc) is 2.31. The van der Waals surface area contributed by atoms with E-state index in [1.807, 2.05) is 0 Å².